The lowest BCUT2D eigenvalue weighted by Crippen LogP contribution is -2.18. The van der Waals surface area contributed by atoms with Crippen molar-refractivity contribution in [1.29, 1.82) is 0 Å². The molecule has 0 rings (SSSR count). The Morgan fingerprint density at radius 3 is 2.46 bits per heavy atom. The lowest BCUT2D eigenvalue weighted by molar-refractivity contribution is -0.145. The quantitative estimate of drug-likeness (QED) is 0.485. The van der Waals surface area contributed by atoms with Gasteiger partial charge in [-0.05, 0) is 12.8 Å². The topological polar surface area (TPSA) is 43.4 Å². The lowest BCUT2D eigenvalue weighted by atomic mass is 9.86. The van der Waals surface area contributed by atoms with E-state index < -0.39 is 0 Å². The average Bonchev–Trinajstić information content (AvgIpc) is 2.13. The first-order valence-electron chi connectivity index (χ1n) is 4.47. The molecule has 0 saturated carbocycles. The van der Waals surface area contributed by atoms with Gasteiger partial charge in [0.05, 0.1) is 13.0 Å². The first-order valence-corrected chi connectivity index (χ1v) is 4.47. The van der Waals surface area contributed by atoms with Crippen molar-refractivity contribution in [2.24, 2.45) is 11.3 Å². The molecule has 0 saturated heterocycles. The third-order valence-electron chi connectivity index (χ3n) is 2.14. The summed E-state index contributed by atoms with van der Waals surface area (Å²) in [6.07, 6.45) is 2.34. The number of hydrogen-bond donors (Lipinski definition) is 0. The Morgan fingerprint density at radius 1 is 1.54 bits per heavy atom. The number of hydrogen-bond acceptors (Lipinski definition) is 3. The molecule has 76 valence electrons. The van der Waals surface area contributed by atoms with E-state index in [0.29, 0.717) is 12.8 Å². The lowest BCUT2D eigenvalue weighted by Gasteiger charge is -2.18. The van der Waals surface area contributed by atoms with Crippen LogP contribution in [-0.4, -0.2) is 19.4 Å². The molecule has 13 heavy (non-hydrogen) atoms. The summed E-state index contributed by atoms with van der Waals surface area (Å²) < 4.78 is 4.58. The van der Waals surface area contributed by atoms with Crippen LogP contribution < -0.4 is 0 Å². The highest BCUT2D eigenvalue weighted by Gasteiger charge is 2.20. The zero-order valence-corrected chi connectivity index (χ0v) is 8.79. The van der Waals surface area contributed by atoms with Crippen molar-refractivity contribution in [2.75, 3.05) is 7.11 Å². The van der Waals surface area contributed by atoms with Gasteiger partial charge in [0.2, 0.25) is 0 Å². The van der Waals surface area contributed by atoms with E-state index in [1.54, 1.807) is 0 Å². The van der Waals surface area contributed by atoms with E-state index in [9.17, 15) is 9.59 Å². The number of rotatable bonds is 5. The maximum Gasteiger partial charge on any atom is 0.308 e. The van der Waals surface area contributed by atoms with Crippen molar-refractivity contribution in [3.63, 3.8) is 0 Å². The van der Waals surface area contributed by atoms with Crippen LogP contribution in [0, 0.1) is 11.3 Å². The zero-order chi connectivity index (χ0) is 10.5. The summed E-state index contributed by atoms with van der Waals surface area (Å²) in [6, 6.07) is 0. The minimum atomic E-state index is -0.331. The molecule has 0 aromatic rings. The van der Waals surface area contributed by atoms with Crippen LogP contribution in [-0.2, 0) is 14.3 Å². The third kappa shape index (κ3) is 4.65. The second-order valence-corrected chi connectivity index (χ2v) is 4.07. The van der Waals surface area contributed by atoms with Crippen LogP contribution >= 0.6 is 0 Å². The fourth-order valence-corrected chi connectivity index (χ4v) is 0.966. The second-order valence-electron chi connectivity index (χ2n) is 4.07. The van der Waals surface area contributed by atoms with Crippen molar-refractivity contribution in [3.8, 4) is 0 Å². The van der Waals surface area contributed by atoms with Gasteiger partial charge in [0.25, 0.3) is 0 Å². The number of aldehydes is 1. The van der Waals surface area contributed by atoms with E-state index in [2.05, 4.69) is 4.74 Å². The Balaban J connectivity index is 3.89. The molecule has 3 nitrogen and oxygen atoms in total. The molecule has 0 heterocycles. The van der Waals surface area contributed by atoms with Crippen LogP contribution in [0.4, 0.5) is 0 Å². The van der Waals surface area contributed by atoms with E-state index in [4.69, 9.17) is 0 Å². The van der Waals surface area contributed by atoms with Crippen molar-refractivity contribution in [1.82, 2.24) is 0 Å². The smallest absolute Gasteiger partial charge is 0.308 e. The Hall–Kier alpha value is -0.860. The fraction of sp³-hybridized carbons (Fsp3) is 0.800. The summed E-state index contributed by atoms with van der Waals surface area (Å²) >= 11 is 0. The molecule has 0 aliphatic rings. The third-order valence-corrected chi connectivity index (χ3v) is 2.14. The standard InChI is InChI=1S/C10H18O3/c1-8(9(12)13-4)5-6-10(2,3)7-11/h7-8H,5-6H2,1-4H3/t8-/m1/s1. The van der Waals surface area contributed by atoms with E-state index >= 15 is 0 Å². The molecule has 0 aliphatic carbocycles. The van der Waals surface area contributed by atoms with Gasteiger partial charge < -0.3 is 9.53 Å². The van der Waals surface area contributed by atoms with E-state index in [0.717, 1.165) is 6.29 Å². The molecular formula is C10H18O3. The minimum Gasteiger partial charge on any atom is -0.469 e. The van der Waals surface area contributed by atoms with Gasteiger partial charge in [0.1, 0.15) is 6.29 Å². The monoisotopic (exact) mass is 186 g/mol. The van der Waals surface area contributed by atoms with Crippen LogP contribution in [0.15, 0.2) is 0 Å². The molecule has 0 aromatic heterocycles. The average molecular weight is 186 g/mol. The Bertz CT molecular complexity index is 185. The number of carbonyl (C=O) groups excluding carboxylic acids is 2. The highest BCUT2D eigenvalue weighted by molar-refractivity contribution is 5.71. The van der Waals surface area contributed by atoms with Gasteiger partial charge in [-0.15, -0.1) is 0 Å². The predicted octanol–water partition coefficient (Wildman–Crippen LogP) is 1.80. The largest absolute Gasteiger partial charge is 0.469 e. The Kier molecular flexibility index (Phi) is 4.67. The van der Waals surface area contributed by atoms with E-state index in [1.165, 1.54) is 7.11 Å². The maximum absolute atomic E-state index is 11.0. The summed E-state index contributed by atoms with van der Waals surface area (Å²) in [4.78, 5) is 21.6. The van der Waals surface area contributed by atoms with E-state index in [1.807, 2.05) is 20.8 Å². The number of carbonyl (C=O) groups is 2. The van der Waals surface area contributed by atoms with Gasteiger partial charge in [0, 0.05) is 5.41 Å². The van der Waals surface area contributed by atoms with Crippen molar-refractivity contribution in [3.05, 3.63) is 0 Å². The zero-order valence-electron chi connectivity index (χ0n) is 8.79. The molecule has 0 aliphatic heterocycles. The minimum absolute atomic E-state index is 0.121. The summed E-state index contributed by atoms with van der Waals surface area (Å²) in [6.45, 7) is 5.54. The van der Waals surface area contributed by atoms with Crippen molar-refractivity contribution < 1.29 is 14.3 Å². The molecule has 0 fully saturated rings. The van der Waals surface area contributed by atoms with Gasteiger partial charge in [-0.3, -0.25) is 4.79 Å². The maximum atomic E-state index is 11.0. The van der Waals surface area contributed by atoms with Crippen LogP contribution in [0.5, 0.6) is 0 Å². The normalized spacial score (nSPS) is 13.5. The molecular weight excluding hydrogens is 168 g/mol. The number of esters is 1. The van der Waals surface area contributed by atoms with E-state index in [-0.39, 0.29) is 17.3 Å². The molecule has 0 aromatic carbocycles. The van der Waals surface area contributed by atoms with Gasteiger partial charge in [-0.25, -0.2) is 0 Å². The number of methoxy groups -OCH3 is 1. The molecule has 3 heteroatoms. The highest BCUT2D eigenvalue weighted by atomic mass is 16.5. The molecule has 0 bridgehead atoms. The summed E-state index contributed by atoms with van der Waals surface area (Å²) in [7, 11) is 1.38. The predicted molar refractivity (Wildman–Crippen MR) is 50.3 cm³/mol. The summed E-state index contributed by atoms with van der Waals surface area (Å²) in [5.74, 6) is -0.328. The van der Waals surface area contributed by atoms with Gasteiger partial charge in [0.15, 0.2) is 0 Å². The molecule has 0 N–H and O–H groups in total. The highest BCUT2D eigenvalue weighted by Crippen LogP contribution is 2.22. The van der Waals surface area contributed by atoms with Crippen LogP contribution in [0.25, 0.3) is 0 Å². The van der Waals surface area contributed by atoms with Crippen molar-refractivity contribution in [2.45, 2.75) is 33.6 Å². The van der Waals surface area contributed by atoms with Crippen LogP contribution in [0.1, 0.15) is 33.6 Å². The second kappa shape index (κ2) is 5.00. The Morgan fingerprint density at radius 2 is 2.08 bits per heavy atom. The SMILES string of the molecule is COC(=O)[C@H](C)CCC(C)(C)C=O. The molecule has 1 atom stereocenters. The first-order chi connectivity index (χ1) is 5.93. The first kappa shape index (κ1) is 12.1. The molecule has 0 unspecified atom stereocenters. The fourth-order valence-electron chi connectivity index (χ4n) is 0.966. The Labute approximate surface area is 79.5 Å². The number of ether oxygens (including phenoxy) is 1. The van der Waals surface area contributed by atoms with Crippen LogP contribution in [0.2, 0.25) is 0 Å². The summed E-state index contributed by atoms with van der Waals surface area (Å²) in [5, 5.41) is 0. The van der Waals surface area contributed by atoms with Gasteiger partial charge in [-0.1, -0.05) is 20.8 Å². The van der Waals surface area contributed by atoms with Gasteiger partial charge in [-0.2, -0.15) is 0 Å². The molecule has 0 amide bonds. The van der Waals surface area contributed by atoms with Crippen molar-refractivity contribution >= 4 is 12.3 Å². The molecule has 0 spiro atoms. The summed E-state index contributed by atoms with van der Waals surface area (Å²) in [5.41, 5.74) is -0.331. The van der Waals surface area contributed by atoms with Crippen LogP contribution in [0.3, 0.4) is 0 Å². The molecule has 0 radical (unpaired) electrons. The van der Waals surface area contributed by atoms with Gasteiger partial charge >= 0.3 is 5.97 Å².